The molecule has 1 aliphatic heterocycles. The van der Waals surface area contributed by atoms with E-state index in [4.69, 9.17) is 14.6 Å². The van der Waals surface area contributed by atoms with Gasteiger partial charge in [0.05, 0.1) is 11.9 Å². The molecule has 0 spiro atoms. The minimum absolute atomic E-state index is 0.198. The van der Waals surface area contributed by atoms with Crippen molar-refractivity contribution in [3.8, 4) is 17.2 Å². The summed E-state index contributed by atoms with van der Waals surface area (Å²) in [6.07, 6.45) is 4.14. The Balaban J connectivity index is 1.46. The van der Waals surface area contributed by atoms with Gasteiger partial charge in [-0.05, 0) is 42.9 Å². The molecule has 29 heavy (non-hydrogen) atoms. The molecular formula is C24H27N3O2. The fraction of sp³-hybridized carbons (Fsp3) is 0.375. The van der Waals surface area contributed by atoms with Gasteiger partial charge in [-0.15, -0.1) is 0 Å². The van der Waals surface area contributed by atoms with E-state index in [1.807, 2.05) is 18.3 Å². The molecule has 1 aromatic heterocycles. The van der Waals surface area contributed by atoms with Gasteiger partial charge in [0.15, 0.2) is 11.5 Å². The first-order chi connectivity index (χ1) is 14.0. The topological polar surface area (TPSA) is 48.3 Å². The molecule has 2 aliphatic rings. The molecule has 1 N–H and O–H groups in total. The van der Waals surface area contributed by atoms with E-state index in [0.717, 1.165) is 42.1 Å². The molecule has 5 nitrogen and oxygen atoms in total. The van der Waals surface area contributed by atoms with Gasteiger partial charge in [0.1, 0.15) is 0 Å². The smallest absolute Gasteiger partial charge is 0.231 e. The van der Waals surface area contributed by atoms with Gasteiger partial charge in [-0.1, -0.05) is 44.2 Å². The lowest BCUT2D eigenvalue weighted by atomic mass is 9.74. The van der Waals surface area contributed by atoms with Gasteiger partial charge in [-0.2, -0.15) is 5.10 Å². The van der Waals surface area contributed by atoms with Crippen LogP contribution >= 0.6 is 0 Å². The molecule has 0 saturated carbocycles. The maximum atomic E-state index is 5.68. The van der Waals surface area contributed by atoms with Gasteiger partial charge in [-0.25, -0.2) is 4.68 Å². The zero-order valence-corrected chi connectivity index (χ0v) is 17.2. The second-order valence-corrected chi connectivity index (χ2v) is 8.87. The quantitative estimate of drug-likeness (QED) is 0.702. The van der Waals surface area contributed by atoms with Crippen LogP contribution in [-0.4, -0.2) is 16.6 Å². The summed E-state index contributed by atoms with van der Waals surface area (Å²) < 4.78 is 13.3. The molecule has 5 rings (SSSR count). The van der Waals surface area contributed by atoms with Crippen molar-refractivity contribution in [3.05, 3.63) is 71.0 Å². The van der Waals surface area contributed by atoms with Crippen LogP contribution in [0, 0.1) is 12.3 Å². The van der Waals surface area contributed by atoms with Crippen molar-refractivity contribution >= 4 is 0 Å². The van der Waals surface area contributed by atoms with E-state index >= 15 is 0 Å². The lowest BCUT2D eigenvalue weighted by molar-refractivity contribution is 0.173. The highest BCUT2D eigenvalue weighted by atomic mass is 16.7. The Morgan fingerprint density at radius 3 is 2.86 bits per heavy atom. The van der Waals surface area contributed by atoms with Crippen molar-refractivity contribution in [3.63, 3.8) is 0 Å². The van der Waals surface area contributed by atoms with E-state index in [-0.39, 0.29) is 11.5 Å². The monoisotopic (exact) mass is 389 g/mol. The maximum absolute atomic E-state index is 5.68. The van der Waals surface area contributed by atoms with Crippen molar-refractivity contribution < 1.29 is 9.47 Å². The molecule has 1 aliphatic carbocycles. The molecular weight excluding hydrogens is 362 g/mol. The van der Waals surface area contributed by atoms with Crippen LogP contribution in [0.15, 0.2) is 48.7 Å². The maximum Gasteiger partial charge on any atom is 0.231 e. The second kappa shape index (κ2) is 6.92. The fourth-order valence-electron chi connectivity index (χ4n) is 4.60. The summed E-state index contributed by atoms with van der Waals surface area (Å²) in [5, 5.41) is 8.56. The lowest BCUT2D eigenvalue weighted by Gasteiger charge is -2.36. The summed E-state index contributed by atoms with van der Waals surface area (Å²) in [6.45, 7) is 7.87. The number of fused-ring (bicyclic) bond motifs is 2. The van der Waals surface area contributed by atoms with Crippen LogP contribution in [0.1, 0.15) is 48.7 Å². The van der Waals surface area contributed by atoms with E-state index < -0.39 is 0 Å². The third-order valence-corrected chi connectivity index (χ3v) is 6.04. The van der Waals surface area contributed by atoms with Crippen LogP contribution in [0.4, 0.5) is 0 Å². The van der Waals surface area contributed by atoms with Gasteiger partial charge in [0.25, 0.3) is 0 Å². The number of benzene rings is 2. The van der Waals surface area contributed by atoms with Crippen molar-refractivity contribution in [2.45, 2.75) is 46.2 Å². The first-order valence-corrected chi connectivity index (χ1v) is 10.3. The molecule has 5 heteroatoms. The molecule has 0 bridgehead atoms. The number of nitrogens with zero attached hydrogens (tertiary/aromatic N) is 2. The molecule has 0 fully saturated rings. The van der Waals surface area contributed by atoms with Crippen molar-refractivity contribution in [1.29, 1.82) is 0 Å². The number of hydrogen-bond acceptors (Lipinski definition) is 4. The Kier molecular flexibility index (Phi) is 4.36. The average molecular weight is 389 g/mol. The zero-order chi connectivity index (χ0) is 20.0. The SMILES string of the molecule is Cc1ccccc1-n1ncc2c1CC(C)(C)CC2NCc1cccc2c1OCO2. The molecule has 0 amide bonds. The fourth-order valence-corrected chi connectivity index (χ4v) is 4.60. The summed E-state index contributed by atoms with van der Waals surface area (Å²) in [4.78, 5) is 0. The van der Waals surface area contributed by atoms with Gasteiger partial charge in [0.2, 0.25) is 6.79 Å². The number of ether oxygens (including phenoxy) is 2. The molecule has 2 heterocycles. The highest BCUT2D eigenvalue weighted by Crippen LogP contribution is 2.42. The first kappa shape index (κ1) is 18.3. The number of aryl methyl sites for hydroxylation is 1. The van der Waals surface area contributed by atoms with E-state index in [9.17, 15) is 0 Å². The number of aromatic nitrogens is 2. The number of para-hydroxylation sites is 2. The van der Waals surface area contributed by atoms with Gasteiger partial charge >= 0.3 is 0 Å². The van der Waals surface area contributed by atoms with Crippen LogP contribution in [0.5, 0.6) is 11.5 Å². The molecule has 1 unspecified atom stereocenters. The molecule has 150 valence electrons. The Bertz CT molecular complexity index is 1050. The summed E-state index contributed by atoms with van der Waals surface area (Å²) in [7, 11) is 0. The van der Waals surface area contributed by atoms with Crippen LogP contribution < -0.4 is 14.8 Å². The average Bonchev–Trinajstić information content (AvgIpc) is 3.33. The van der Waals surface area contributed by atoms with Gasteiger partial charge in [0, 0.05) is 29.4 Å². The van der Waals surface area contributed by atoms with Crippen molar-refractivity contribution in [1.82, 2.24) is 15.1 Å². The molecule has 0 saturated heterocycles. The molecule has 2 aromatic carbocycles. The largest absolute Gasteiger partial charge is 0.454 e. The number of rotatable bonds is 4. The predicted molar refractivity (Wildman–Crippen MR) is 113 cm³/mol. The third-order valence-electron chi connectivity index (χ3n) is 6.04. The summed E-state index contributed by atoms with van der Waals surface area (Å²) >= 11 is 0. The zero-order valence-electron chi connectivity index (χ0n) is 17.2. The van der Waals surface area contributed by atoms with E-state index in [0.29, 0.717) is 6.79 Å². The number of hydrogen-bond donors (Lipinski definition) is 1. The van der Waals surface area contributed by atoms with Crippen LogP contribution in [-0.2, 0) is 13.0 Å². The van der Waals surface area contributed by atoms with Crippen LogP contribution in [0.3, 0.4) is 0 Å². The Morgan fingerprint density at radius 1 is 1.14 bits per heavy atom. The van der Waals surface area contributed by atoms with E-state index in [2.05, 4.69) is 61.1 Å². The number of nitrogens with one attached hydrogen (secondary N) is 1. The highest BCUT2D eigenvalue weighted by Gasteiger charge is 2.35. The minimum atomic E-state index is 0.198. The Morgan fingerprint density at radius 2 is 2.00 bits per heavy atom. The first-order valence-electron chi connectivity index (χ1n) is 10.3. The normalized spacial score (nSPS) is 19.2. The Labute approximate surface area is 171 Å². The molecule has 3 aromatic rings. The summed E-state index contributed by atoms with van der Waals surface area (Å²) in [5.74, 6) is 1.70. The molecule has 0 radical (unpaired) electrons. The summed E-state index contributed by atoms with van der Waals surface area (Å²) in [5.41, 5.74) is 6.35. The van der Waals surface area contributed by atoms with Crippen LogP contribution in [0.25, 0.3) is 5.69 Å². The minimum Gasteiger partial charge on any atom is -0.454 e. The summed E-state index contributed by atoms with van der Waals surface area (Å²) in [6, 6.07) is 14.8. The van der Waals surface area contributed by atoms with E-state index in [1.165, 1.54) is 16.8 Å². The van der Waals surface area contributed by atoms with Crippen molar-refractivity contribution in [2.24, 2.45) is 5.41 Å². The molecule has 1 atom stereocenters. The standard InChI is InChI=1S/C24H27N3O2/c1-16-7-4-5-9-20(16)27-21-12-24(2,3)11-19(18(21)14-26-27)25-13-17-8-6-10-22-23(17)29-15-28-22/h4-10,14,19,25H,11-13,15H2,1-3H3. The lowest BCUT2D eigenvalue weighted by Crippen LogP contribution is -2.33. The van der Waals surface area contributed by atoms with Gasteiger partial charge < -0.3 is 14.8 Å². The van der Waals surface area contributed by atoms with Crippen molar-refractivity contribution in [2.75, 3.05) is 6.79 Å². The van der Waals surface area contributed by atoms with Crippen LogP contribution in [0.2, 0.25) is 0 Å². The third kappa shape index (κ3) is 3.29. The highest BCUT2D eigenvalue weighted by molar-refractivity contribution is 5.48. The predicted octanol–water partition coefficient (Wildman–Crippen LogP) is 4.71. The van der Waals surface area contributed by atoms with Gasteiger partial charge in [-0.3, -0.25) is 0 Å². The van der Waals surface area contributed by atoms with E-state index in [1.54, 1.807) is 0 Å². The Hall–Kier alpha value is -2.79. The second-order valence-electron chi connectivity index (χ2n) is 8.87.